The molecule has 0 unspecified atom stereocenters. The van der Waals surface area contributed by atoms with Crippen molar-refractivity contribution in [2.75, 3.05) is 13.1 Å². The lowest BCUT2D eigenvalue weighted by atomic mass is 9.91. The van der Waals surface area contributed by atoms with Crippen LogP contribution in [-0.2, 0) is 30.7 Å². The molecule has 0 saturated carbocycles. The van der Waals surface area contributed by atoms with E-state index in [1.54, 1.807) is 17.0 Å². The van der Waals surface area contributed by atoms with Gasteiger partial charge < -0.3 is 15.3 Å². The third-order valence-corrected chi connectivity index (χ3v) is 5.59. The summed E-state index contributed by atoms with van der Waals surface area (Å²) in [5, 5.41) is 21.6. The van der Waals surface area contributed by atoms with Crippen molar-refractivity contribution in [1.29, 1.82) is 0 Å². The zero-order valence-corrected chi connectivity index (χ0v) is 15.3. The smallest absolute Gasteiger partial charge is 0.256 e. The molecule has 0 radical (unpaired) electrons. The zero-order valence-electron chi connectivity index (χ0n) is 15.3. The molecular weight excluding hydrogens is 347 g/mol. The molecule has 1 amide bonds. The molecule has 1 aliphatic carbocycles. The maximum absolute atomic E-state index is 13.1. The van der Waals surface area contributed by atoms with E-state index in [1.165, 1.54) is 23.4 Å². The standard InChI is InChI=1S/C20H25FN4O2/c21-15-7-5-14(6-8-15)12-25-10-2-9-20(27,19(25)26)13-22-11-18-16-3-1-4-17(16)23-24-18/h5-8,22,27H,1-4,9-13H2,(H,23,24)/t20-/m0/s1. The van der Waals surface area contributed by atoms with Crippen molar-refractivity contribution in [3.05, 3.63) is 52.6 Å². The van der Waals surface area contributed by atoms with Gasteiger partial charge in [0.25, 0.3) is 5.91 Å². The van der Waals surface area contributed by atoms with Crippen LogP contribution in [0.25, 0.3) is 0 Å². The Morgan fingerprint density at radius 3 is 2.89 bits per heavy atom. The lowest BCUT2D eigenvalue weighted by Crippen LogP contribution is -2.57. The summed E-state index contributed by atoms with van der Waals surface area (Å²) in [6.07, 6.45) is 4.42. The normalized spacial score (nSPS) is 22.3. The molecule has 144 valence electrons. The molecule has 7 heteroatoms. The molecule has 1 atom stereocenters. The van der Waals surface area contributed by atoms with Crippen LogP contribution in [0.2, 0.25) is 0 Å². The third-order valence-electron chi connectivity index (χ3n) is 5.59. The highest BCUT2D eigenvalue weighted by Gasteiger charge is 2.41. The lowest BCUT2D eigenvalue weighted by Gasteiger charge is -2.38. The summed E-state index contributed by atoms with van der Waals surface area (Å²) in [7, 11) is 0. The average Bonchev–Trinajstić information content (AvgIpc) is 3.26. The summed E-state index contributed by atoms with van der Waals surface area (Å²) in [6, 6.07) is 6.12. The van der Waals surface area contributed by atoms with Gasteiger partial charge in [0.2, 0.25) is 0 Å². The predicted molar refractivity (Wildman–Crippen MR) is 98.3 cm³/mol. The third kappa shape index (κ3) is 3.75. The number of aryl methyl sites for hydroxylation is 1. The summed E-state index contributed by atoms with van der Waals surface area (Å²) in [5.74, 6) is -0.563. The van der Waals surface area contributed by atoms with Crippen molar-refractivity contribution < 1.29 is 14.3 Å². The topological polar surface area (TPSA) is 81.2 Å². The van der Waals surface area contributed by atoms with Gasteiger partial charge in [-0.05, 0) is 55.4 Å². The highest BCUT2D eigenvalue weighted by Crippen LogP contribution is 2.25. The van der Waals surface area contributed by atoms with E-state index < -0.39 is 5.60 Å². The minimum Gasteiger partial charge on any atom is -0.379 e. The number of fused-ring (bicyclic) bond motifs is 1. The number of piperidine rings is 1. The molecule has 1 aliphatic heterocycles. The van der Waals surface area contributed by atoms with Gasteiger partial charge in [0.15, 0.2) is 5.60 Å². The predicted octanol–water partition coefficient (Wildman–Crippen LogP) is 1.68. The summed E-state index contributed by atoms with van der Waals surface area (Å²) >= 11 is 0. The number of aliphatic hydroxyl groups is 1. The van der Waals surface area contributed by atoms with Gasteiger partial charge in [-0.2, -0.15) is 5.10 Å². The SMILES string of the molecule is O=C1N(Cc2ccc(F)cc2)CCC[C@]1(O)CNCc1n[nH]c2c1CCC2. The van der Waals surface area contributed by atoms with Crippen LogP contribution in [-0.4, -0.2) is 44.8 Å². The number of hydrogen-bond acceptors (Lipinski definition) is 4. The number of likely N-dealkylation sites (tertiary alicyclic amines) is 1. The fraction of sp³-hybridized carbons (Fsp3) is 0.500. The number of rotatable bonds is 6. The van der Waals surface area contributed by atoms with Crippen molar-refractivity contribution in [2.45, 2.75) is 50.8 Å². The van der Waals surface area contributed by atoms with Gasteiger partial charge in [0.1, 0.15) is 5.82 Å². The largest absolute Gasteiger partial charge is 0.379 e. The van der Waals surface area contributed by atoms with Gasteiger partial charge in [0, 0.05) is 31.9 Å². The molecule has 4 rings (SSSR count). The molecule has 1 aromatic carbocycles. The fourth-order valence-electron chi connectivity index (χ4n) is 4.11. The number of aromatic amines is 1. The highest BCUT2D eigenvalue weighted by molar-refractivity contribution is 5.86. The number of aromatic nitrogens is 2. The molecule has 2 aliphatic rings. The van der Waals surface area contributed by atoms with Crippen LogP contribution < -0.4 is 5.32 Å². The Hall–Kier alpha value is -2.25. The van der Waals surface area contributed by atoms with Crippen LogP contribution in [0.1, 0.15) is 41.8 Å². The first-order valence-corrected chi connectivity index (χ1v) is 9.57. The summed E-state index contributed by atoms with van der Waals surface area (Å²) in [4.78, 5) is 14.5. The second kappa shape index (κ2) is 7.40. The number of nitrogens with zero attached hydrogens (tertiary/aromatic N) is 2. The number of halogens is 1. The molecule has 0 bridgehead atoms. The zero-order chi connectivity index (χ0) is 18.9. The monoisotopic (exact) mass is 372 g/mol. The van der Waals surface area contributed by atoms with Crippen LogP contribution in [0.5, 0.6) is 0 Å². The van der Waals surface area contributed by atoms with Crippen molar-refractivity contribution in [3.63, 3.8) is 0 Å². The molecule has 1 saturated heterocycles. The van der Waals surface area contributed by atoms with Gasteiger partial charge >= 0.3 is 0 Å². The molecule has 1 aromatic heterocycles. The van der Waals surface area contributed by atoms with E-state index in [1.807, 2.05) is 0 Å². The first kappa shape index (κ1) is 18.1. The van der Waals surface area contributed by atoms with Gasteiger partial charge in [-0.15, -0.1) is 0 Å². The second-order valence-corrected chi connectivity index (χ2v) is 7.57. The molecule has 3 N–H and O–H groups in total. The first-order valence-electron chi connectivity index (χ1n) is 9.57. The maximum atomic E-state index is 13.1. The fourth-order valence-corrected chi connectivity index (χ4v) is 4.11. The van der Waals surface area contributed by atoms with Crippen LogP contribution in [0.15, 0.2) is 24.3 Å². The second-order valence-electron chi connectivity index (χ2n) is 7.57. The van der Waals surface area contributed by atoms with Gasteiger partial charge in [-0.3, -0.25) is 9.89 Å². The van der Waals surface area contributed by atoms with E-state index in [0.717, 1.165) is 36.9 Å². The first-order chi connectivity index (χ1) is 13.0. The van der Waals surface area contributed by atoms with Gasteiger partial charge in [-0.1, -0.05) is 12.1 Å². The molecule has 27 heavy (non-hydrogen) atoms. The number of amides is 1. The van der Waals surface area contributed by atoms with E-state index in [4.69, 9.17) is 0 Å². The van der Waals surface area contributed by atoms with E-state index >= 15 is 0 Å². The molecule has 2 heterocycles. The Bertz CT molecular complexity index is 820. The molecule has 6 nitrogen and oxygen atoms in total. The quantitative estimate of drug-likeness (QED) is 0.721. The number of H-pyrrole nitrogens is 1. The summed E-state index contributed by atoms with van der Waals surface area (Å²) < 4.78 is 13.1. The Kier molecular flexibility index (Phi) is 4.97. The Labute approximate surface area is 157 Å². The van der Waals surface area contributed by atoms with E-state index in [0.29, 0.717) is 26.1 Å². The Morgan fingerprint density at radius 2 is 2.07 bits per heavy atom. The van der Waals surface area contributed by atoms with E-state index in [2.05, 4.69) is 15.5 Å². The van der Waals surface area contributed by atoms with Crippen molar-refractivity contribution >= 4 is 5.91 Å². The van der Waals surface area contributed by atoms with Gasteiger partial charge in [0.05, 0.1) is 5.69 Å². The summed E-state index contributed by atoms with van der Waals surface area (Å²) in [6.45, 7) is 1.73. The maximum Gasteiger partial charge on any atom is 0.256 e. The van der Waals surface area contributed by atoms with Crippen LogP contribution in [0.4, 0.5) is 4.39 Å². The lowest BCUT2D eigenvalue weighted by molar-refractivity contribution is -0.157. The number of hydrogen-bond donors (Lipinski definition) is 3. The molecule has 1 fully saturated rings. The average molecular weight is 372 g/mol. The summed E-state index contributed by atoms with van der Waals surface area (Å²) in [5.41, 5.74) is 2.93. The molecular formula is C20H25FN4O2. The van der Waals surface area contributed by atoms with Crippen LogP contribution >= 0.6 is 0 Å². The molecule has 0 spiro atoms. The van der Waals surface area contributed by atoms with Crippen molar-refractivity contribution in [1.82, 2.24) is 20.4 Å². The molecule has 2 aromatic rings. The number of benzene rings is 1. The van der Waals surface area contributed by atoms with Crippen molar-refractivity contribution in [2.24, 2.45) is 0 Å². The minimum atomic E-state index is -1.40. The van der Waals surface area contributed by atoms with E-state index in [9.17, 15) is 14.3 Å². The van der Waals surface area contributed by atoms with Crippen LogP contribution in [0.3, 0.4) is 0 Å². The van der Waals surface area contributed by atoms with E-state index in [-0.39, 0.29) is 18.3 Å². The van der Waals surface area contributed by atoms with Gasteiger partial charge in [-0.25, -0.2) is 4.39 Å². The number of carbonyl (C=O) groups excluding carboxylic acids is 1. The number of carbonyl (C=O) groups is 1. The number of nitrogens with one attached hydrogen (secondary N) is 2. The Balaban J connectivity index is 1.36. The highest BCUT2D eigenvalue weighted by atomic mass is 19.1. The van der Waals surface area contributed by atoms with Crippen LogP contribution in [0, 0.1) is 5.82 Å². The minimum absolute atomic E-state index is 0.202. The van der Waals surface area contributed by atoms with Crippen molar-refractivity contribution in [3.8, 4) is 0 Å². The Morgan fingerprint density at radius 1 is 1.26 bits per heavy atom.